The predicted molar refractivity (Wildman–Crippen MR) is 119 cm³/mol. The standard InChI is InChI=1S/C27H15N/c28-16-21-15-20-12-10-18-6-2-4-8-23(18)26(20)27-24(21)14-13-19-11-9-17-5-1-3-7-22(17)25(19)27/h1-15H. The van der Waals surface area contributed by atoms with E-state index in [1.54, 1.807) is 0 Å². The maximum Gasteiger partial charge on any atom is 0.0998 e. The highest BCUT2D eigenvalue weighted by Crippen LogP contribution is 2.40. The fourth-order valence-electron chi connectivity index (χ4n) is 4.59. The first kappa shape index (κ1) is 15.2. The van der Waals surface area contributed by atoms with Crippen LogP contribution in [0, 0.1) is 11.3 Å². The summed E-state index contributed by atoms with van der Waals surface area (Å²) in [5, 5.41) is 21.7. The van der Waals surface area contributed by atoms with Crippen LogP contribution < -0.4 is 0 Å². The minimum atomic E-state index is 0.729. The molecule has 0 radical (unpaired) electrons. The molecule has 0 aromatic heterocycles. The third-order valence-electron chi connectivity index (χ3n) is 5.83. The third-order valence-corrected chi connectivity index (χ3v) is 5.83. The van der Waals surface area contributed by atoms with Crippen LogP contribution in [0.25, 0.3) is 53.9 Å². The fourth-order valence-corrected chi connectivity index (χ4v) is 4.59. The molecule has 0 heterocycles. The highest BCUT2D eigenvalue weighted by Gasteiger charge is 2.14. The minimum absolute atomic E-state index is 0.729. The molecule has 0 aliphatic heterocycles. The van der Waals surface area contributed by atoms with Crippen LogP contribution in [0.3, 0.4) is 0 Å². The topological polar surface area (TPSA) is 23.8 Å². The molecule has 6 aromatic carbocycles. The van der Waals surface area contributed by atoms with Crippen molar-refractivity contribution in [3.63, 3.8) is 0 Å². The van der Waals surface area contributed by atoms with Gasteiger partial charge in [-0.2, -0.15) is 5.26 Å². The van der Waals surface area contributed by atoms with E-state index in [9.17, 15) is 5.26 Å². The molecule has 0 bridgehead atoms. The summed E-state index contributed by atoms with van der Waals surface area (Å²) in [6.45, 7) is 0. The van der Waals surface area contributed by atoms with Gasteiger partial charge in [-0.05, 0) is 54.5 Å². The monoisotopic (exact) mass is 353 g/mol. The van der Waals surface area contributed by atoms with Gasteiger partial charge in [0.1, 0.15) is 0 Å². The molecule has 0 atom stereocenters. The van der Waals surface area contributed by atoms with Crippen LogP contribution >= 0.6 is 0 Å². The summed E-state index contributed by atoms with van der Waals surface area (Å²) < 4.78 is 0. The summed E-state index contributed by atoms with van der Waals surface area (Å²) in [6.07, 6.45) is 0. The molecule has 28 heavy (non-hydrogen) atoms. The molecular formula is C27H15N. The molecule has 0 saturated heterocycles. The first-order valence-electron chi connectivity index (χ1n) is 9.44. The Labute approximate surface area is 162 Å². The average molecular weight is 353 g/mol. The lowest BCUT2D eigenvalue weighted by Crippen LogP contribution is -1.88. The molecule has 0 aliphatic rings. The lowest BCUT2D eigenvalue weighted by atomic mass is 9.89. The van der Waals surface area contributed by atoms with Crippen molar-refractivity contribution in [2.24, 2.45) is 0 Å². The van der Waals surface area contributed by atoms with Gasteiger partial charge in [-0.25, -0.2) is 0 Å². The predicted octanol–water partition coefficient (Wildman–Crippen LogP) is 7.32. The third kappa shape index (κ3) is 1.95. The van der Waals surface area contributed by atoms with E-state index in [-0.39, 0.29) is 0 Å². The lowest BCUT2D eigenvalue weighted by Gasteiger charge is -2.14. The van der Waals surface area contributed by atoms with E-state index >= 15 is 0 Å². The molecule has 1 nitrogen and oxygen atoms in total. The summed E-state index contributed by atoms with van der Waals surface area (Å²) in [4.78, 5) is 0. The Morgan fingerprint density at radius 3 is 1.68 bits per heavy atom. The van der Waals surface area contributed by atoms with Crippen LogP contribution in [0.1, 0.15) is 5.56 Å². The zero-order valence-electron chi connectivity index (χ0n) is 15.1. The second kappa shape index (κ2) is 5.55. The van der Waals surface area contributed by atoms with E-state index in [4.69, 9.17) is 0 Å². The molecule has 0 aliphatic carbocycles. The second-order valence-corrected chi connectivity index (χ2v) is 7.29. The number of fused-ring (bicyclic) bond motifs is 9. The van der Waals surface area contributed by atoms with Gasteiger partial charge in [0.05, 0.1) is 11.6 Å². The van der Waals surface area contributed by atoms with Crippen LogP contribution in [-0.4, -0.2) is 0 Å². The Balaban J connectivity index is 2.06. The van der Waals surface area contributed by atoms with Gasteiger partial charge in [0.2, 0.25) is 0 Å². The Kier molecular flexibility index (Phi) is 3.01. The normalized spacial score (nSPS) is 11.5. The van der Waals surface area contributed by atoms with Crippen molar-refractivity contribution in [1.82, 2.24) is 0 Å². The molecule has 6 rings (SSSR count). The van der Waals surface area contributed by atoms with E-state index in [0.717, 1.165) is 16.3 Å². The highest BCUT2D eigenvalue weighted by atomic mass is 14.3. The van der Waals surface area contributed by atoms with Crippen LogP contribution in [-0.2, 0) is 0 Å². The number of hydrogen-bond acceptors (Lipinski definition) is 1. The quantitative estimate of drug-likeness (QED) is 0.262. The summed E-state index contributed by atoms with van der Waals surface area (Å²) in [7, 11) is 0. The molecule has 0 spiro atoms. The molecule has 6 aromatic rings. The summed E-state index contributed by atoms with van der Waals surface area (Å²) >= 11 is 0. The Bertz CT molecular complexity index is 1570. The summed E-state index contributed by atoms with van der Waals surface area (Å²) in [6, 6.07) is 34.4. The largest absolute Gasteiger partial charge is 0.192 e. The summed E-state index contributed by atoms with van der Waals surface area (Å²) in [5.41, 5.74) is 0.729. The number of nitrogens with zero attached hydrogens (tertiary/aromatic N) is 1. The number of rotatable bonds is 0. The smallest absolute Gasteiger partial charge is 0.0998 e. The van der Waals surface area contributed by atoms with Crippen molar-refractivity contribution in [2.45, 2.75) is 0 Å². The van der Waals surface area contributed by atoms with Gasteiger partial charge in [0.15, 0.2) is 0 Å². The van der Waals surface area contributed by atoms with Gasteiger partial charge in [0.25, 0.3) is 0 Å². The van der Waals surface area contributed by atoms with Crippen molar-refractivity contribution in [1.29, 1.82) is 5.26 Å². The van der Waals surface area contributed by atoms with Crippen LogP contribution in [0.4, 0.5) is 0 Å². The van der Waals surface area contributed by atoms with E-state index in [0.29, 0.717) is 0 Å². The second-order valence-electron chi connectivity index (χ2n) is 7.29. The molecule has 0 unspecified atom stereocenters. The van der Waals surface area contributed by atoms with Crippen LogP contribution in [0.5, 0.6) is 0 Å². The van der Waals surface area contributed by atoms with E-state index in [1.165, 1.54) is 43.1 Å². The van der Waals surface area contributed by atoms with Gasteiger partial charge < -0.3 is 0 Å². The molecule has 0 fully saturated rings. The number of nitriles is 1. The zero-order valence-corrected chi connectivity index (χ0v) is 15.1. The Morgan fingerprint density at radius 2 is 1.00 bits per heavy atom. The van der Waals surface area contributed by atoms with E-state index < -0.39 is 0 Å². The molecular weight excluding hydrogens is 338 g/mol. The van der Waals surface area contributed by atoms with Crippen molar-refractivity contribution in [3.05, 3.63) is 96.6 Å². The van der Waals surface area contributed by atoms with Crippen molar-refractivity contribution in [3.8, 4) is 6.07 Å². The van der Waals surface area contributed by atoms with E-state index in [2.05, 4.69) is 91.0 Å². The molecule has 128 valence electrons. The molecule has 0 N–H and O–H groups in total. The zero-order chi connectivity index (χ0) is 18.7. The van der Waals surface area contributed by atoms with Crippen molar-refractivity contribution >= 4 is 53.9 Å². The van der Waals surface area contributed by atoms with Gasteiger partial charge >= 0.3 is 0 Å². The van der Waals surface area contributed by atoms with E-state index in [1.807, 2.05) is 6.07 Å². The summed E-state index contributed by atoms with van der Waals surface area (Å²) in [5.74, 6) is 0. The van der Waals surface area contributed by atoms with Crippen molar-refractivity contribution < 1.29 is 0 Å². The minimum Gasteiger partial charge on any atom is -0.192 e. The van der Waals surface area contributed by atoms with Gasteiger partial charge in [-0.1, -0.05) is 84.9 Å². The average Bonchev–Trinajstić information content (AvgIpc) is 2.77. The van der Waals surface area contributed by atoms with Crippen molar-refractivity contribution in [2.75, 3.05) is 0 Å². The molecule has 1 heteroatoms. The van der Waals surface area contributed by atoms with Gasteiger partial charge in [-0.3, -0.25) is 0 Å². The van der Waals surface area contributed by atoms with Crippen LogP contribution in [0.15, 0.2) is 91.0 Å². The SMILES string of the molecule is N#Cc1cc2ccc3ccccc3c2c2c1ccc1ccc3ccccc3c12. The fraction of sp³-hybridized carbons (Fsp3) is 0. The number of benzene rings is 6. The number of hydrogen-bond donors (Lipinski definition) is 0. The molecule has 0 saturated carbocycles. The van der Waals surface area contributed by atoms with Gasteiger partial charge in [-0.15, -0.1) is 0 Å². The van der Waals surface area contributed by atoms with Gasteiger partial charge in [0, 0.05) is 5.39 Å². The highest BCUT2D eigenvalue weighted by molar-refractivity contribution is 6.32. The Hall–Kier alpha value is -3.89. The first-order chi connectivity index (χ1) is 13.8. The maximum atomic E-state index is 9.84. The first-order valence-corrected chi connectivity index (χ1v) is 9.44. The maximum absolute atomic E-state index is 9.84. The lowest BCUT2D eigenvalue weighted by molar-refractivity contribution is 1.51. The Morgan fingerprint density at radius 1 is 0.464 bits per heavy atom. The molecule has 0 amide bonds. The van der Waals surface area contributed by atoms with Crippen LogP contribution in [0.2, 0.25) is 0 Å².